The van der Waals surface area contributed by atoms with Gasteiger partial charge in [0.15, 0.2) is 5.96 Å². The monoisotopic (exact) mass is 345 g/mol. The number of aryl methyl sites for hydroxylation is 2. The fourth-order valence-corrected chi connectivity index (χ4v) is 3.44. The number of piperazine rings is 1. The van der Waals surface area contributed by atoms with Crippen molar-refractivity contribution in [3.05, 3.63) is 29.3 Å². The van der Waals surface area contributed by atoms with E-state index >= 15 is 0 Å². The SMILES string of the molecule is CCc1cccc(CC)c1NC(N)=NCC(C)N1CCN(CC)CC1. The molecule has 5 nitrogen and oxygen atoms in total. The van der Waals surface area contributed by atoms with E-state index in [-0.39, 0.29) is 0 Å². The van der Waals surface area contributed by atoms with Gasteiger partial charge in [0.05, 0.1) is 6.54 Å². The lowest BCUT2D eigenvalue weighted by Gasteiger charge is -2.37. The molecule has 1 saturated heterocycles. The first-order valence-corrected chi connectivity index (χ1v) is 9.73. The Bertz CT molecular complexity index is 539. The number of rotatable bonds is 7. The number of hydrogen-bond acceptors (Lipinski definition) is 3. The van der Waals surface area contributed by atoms with Crippen molar-refractivity contribution in [1.29, 1.82) is 0 Å². The van der Waals surface area contributed by atoms with Crippen LogP contribution in [0.2, 0.25) is 0 Å². The Morgan fingerprint density at radius 3 is 2.24 bits per heavy atom. The number of anilines is 1. The second-order valence-corrected chi connectivity index (χ2v) is 6.83. The molecule has 0 aromatic heterocycles. The van der Waals surface area contributed by atoms with Crippen molar-refractivity contribution in [3.63, 3.8) is 0 Å². The van der Waals surface area contributed by atoms with Crippen LogP contribution in [0.5, 0.6) is 0 Å². The Labute approximate surface area is 153 Å². The van der Waals surface area contributed by atoms with Crippen LogP contribution in [-0.4, -0.2) is 61.1 Å². The summed E-state index contributed by atoms with van der Waals surface area (Å²) in [7, 11) is 0. The Balaban J connectivity index is 1.94. The van der Waals surface area contributed by atoms with Gasteiger partial charge in [-0.25, -0.2) is 0 Å². The molecule has 1 fully saturated rings. The van der Waals surface area contributed by atoms with Crippen LogP contribution in [0.4, 0.5) is 5.69 Å². The number of nitrogens with two attached hydrogens (primary N) is 1. The number of para-hydroxylation sites is 1. The highest BCUT2D eigenvalue weighted by Gasteiger charge is 2.19. The normalized spacial score (nSPS) is 18.3. The molecule has 2 rings (SSSR count). The van der Waals surface area contributed by atoms with Gasteiger partial charge in [-0.05, 0) is 37.4 Å². The molecular formula is C20H35N5. The summed E-state index contributed by atoms with van der Waals surface area (Å²) in [6.07, 6.45) is 1.98. The molecule has 1 unspecified atom stereocenters. The lowest BCUT2D eigenvalue weighted by atomic mass is 10.0. The highest BCUT2D eigenvalue weighted by atomic mass is 15.3. The van der Waals surface area contributed by atoms with Gasteiger partial charge >= 0.3 is 0 Å². The fraction of sp³-hybridized carbons (Fsp3) is 0.650. The van der Waals surface area contributed by atoms with Gasteiger partial charge in [-0.3, -0.25) is 9.89 Å². The summed E-state index contributed by atoms with van der Waals surface area (Å²) >= 11 is 0. The molecule has 0 aliphatic carbocycles. The van der Waals surface area contributed by atoms with Crippen LogP contribution in [0.15, 0.2) is 23.2 Å². The average Bonchev–Trinajstić information content (AvgIpc) is 2.66. The molecule has 25 heavy (non-hydrogen) atoms. The summed E-state index contributed by atoms with van der Waals surface area (Å²) in [6.45, 7) is 15.3. The number of likely N-dealkylation sites (N-methyl/N-ethyl adjacent to an activating group) is 1. The van der Waals surface area contributed by atoms with E-state index < -0.39 is 0 Å². The number of benzene rings is 1. The second-order valence-electron chi connectivity index (χ2n) is 6.83. The molecule has 1 aliphatic heterocycles. The molecule has 1 aromatic rings. The van der Waals surface area contributed by atoms with E-state index in [0.717, 1.165) is 57.8 Å². The molecule has 1 aromatic carbocycles. The summed E-state index contributed by atoms with van der Waals surface area (Å²) in [6, 6.07) is 6.86. The molecule has 1 aliphatic rings. The number of guanidine groups is 1. The van der Waals surface area contributed by atoms with E-state index in [1.165, 1.54) is 11.1 Å². The van der Waals surface area contributed by atoms with Gasteiger partial charge in [0, 0.05) is 37.9 Å². The highest BCUT2D eigenvalue weighted by molar-refractivity contribution is 5.93. The van der Waals surface area contributed by atoms with E-state index in [4.69, 9.17) is 5.73 Å². The molecule has 0 bridgehead atoms. The third-order valence-corrected chi connectivity index (χ3v) is 5.26. The van der Waals surface area contributed by atoms with Crippen molar-refractivity contribution in [2.75, 3.05) is 44.6 Å². The molecule has 1 atom stereocenters. The predicted molar refractivity (Wildman–Crippen MR) is 108 cm³/mol. The Morgan fingerprint density at radius 1 is 1.12 bits per heavy atom. The maximum atomic E-state index is 6.19. The summed E-state index contributed by atoms with van der Waals surface area (Å²) < 4.78 is 0. The van der Waals surface area contributed by atoms with Crippen LogP contribution >= 0.6 is 0 Å². The van der Waals surface area contributed by atoms with Crippen molar-refractivity contribution < 1.29 is 0 Å². The second kappa shape index (κ2) is 9.78. The van der Waals surface area contributed by atoms with Gasteiger partial charge in [-0.2, -0.15) is 0 Å². The van der Waals surface area contributed by atoms with Crippen molar-refractivity contribution >= 4 is 11.6 Å². The number of nitrogens with zero attached hydrogens (tertiary/aromatic N) is 3. The van der Waals surface area contributed by atoms with Gasteiger partial charge in [0.25, 0.3) is 0 Å². The van der Waals surface area contributed by atoms with Crippen molar-refractivity contribution in [3.8, 4) is 0 Å². The minimum absolute atomic E-state index is 0.423. The molecule has 0 spiro atoms. The lowest BCUT2D eigenvalue weighted by Crippen LogP contribution is -2.50. The zero-order valence-electron chi connectivity index (χ0n) is 16.4. The van der Waals surface area contributed by atoms with Crippen molar-refractivity contribution in [1.82, 2.24) is 9.80 Å². The van der Waals surface area contributed by atoms with Gasteiger partial charge in [-0.1, -0.05) is 39.0 Å². The summed E-state index contributed by atoms with van der Waals surface area (Å²) in [5.41, 5.74) is 9.91. The Kier molecular flexibility index (Phi) is 7.72. The van der Waals surface area contributed by atoms with Crippen LogP contribution in [0, 0.1) is 0 Å². The van der Waals surface area contributed by atoms with Crippen LogP contribution in [0.25, 0.3) is 0 Å². The van der Waals surface area contributed by atoms with Crippen LogP contribution in [0.1, 0.15) is 38.8 Å². The lowest BCUT2D eigenvalue weighted by molar-refractivity contribution is 0.109. The van der Waals surface area contributed by atoms with E-state index in [1.54, 1.807) is 0 Å². The molecule has 0 saturated carbocycles. The first-order chi connectivity index (χ1) is 12.1. The summed E-state index contributed by atoms with van der Waals surface area (Å²) in [4.78, 5) is 9.62. The average molecular weight is 346 g/mol. The van der Waals surface area contributed by atoms with Gasteiger partial charge in [0.1, 0.15) is 0 Å². The van der Waals surface area contributed by atoms with Crippen molar-refractivity contribution in [2.45, 2.75) is 46.6 Å². The molecule has 5 heteroatoms. The van der Waals surface area contributed by atoms with E-state index in [0.29, 0.717) is 12.0 Å². The van der Waals surface area contributed by atoms with Crippen molar-refractivity contribution in [2.24, 2.45) is 10.7 Å². The molecule has 1 heterocycles. The van der Waals surface area contributed by atoms with E-state index in [2.05, 4.69) is 66.0 Å². The standard InChI is InChI=1S/C20H35N5/c1-5-17-9-8-10-18(6-2)19(17)23-20(21)22-15-16(4)25-13-11-24(7-3)12-14-25/h8-10,16H,5-7,11-15H2,1-4H3,(H3,21,22,23). The first kappa shape index (κ1) is 19.7. The van der Waals surface area contributed by atoms with Crippen LogP contribution in [-0.2, 0) is 12.8 Å². The largest absolute Gasteiger partial charge is 0.370 e. The first-order valence-electron chi connectivity index (χ1n) is 9.73. The molecule has 3 N–H and O–H groups in total. The zero-order chi connectivity index (χ0) is 18.2. The third kappa shape index (κ3) is 5.44. The topological polar surface area (TPSA) is 56.9 Å². The van der Waals surface area contributed by atoms with E-state index in [9.17, 15) is 0 Å². The van der Waals surface area contributed by atoms with E-state index in [1.807, 2.05) is 0 Å². The minimum atomic E-state index is 0.423. The number of nitrogens with one attached hydrogen (secondary N) is 1. The van der Waals surface area contributed by atoms with Gasteiger partial charge < -0.3 is 16.0 Å². The molecule has 140 valence electrons. The molecule has 0 amide bonds. The number of hydrogen-bond donors (Lipinski definition) is 2. The maximum Gasteiger partial charge on any atom is 0.193 e. The van der Waals surface area contributed by atoms with Gasteiger partial charge in [-0.15, -0.1) is 0 Å². The third-order valence-electron chi connectivity index (χ3n) is 5.26. The molecular weight excluding hydrogens is 310 g/mol. The van der Waals surface area contributed by atoms with Crippen LogP contribution < -0.4 is 11.1 Å². The van der Waals surface area contributed by atoms with Gasteiger partial charge in [0.2, 0.25) is 0 Å². The highest BCUT2D eigenvalue weighted by Crippen LogP contribution is 2.22. The molecule has 0 radical (unpaired) electrons. The minimum Gasteiger partial charge on any atom is -0.370 e. The Morgan fingerprint density at radius 2 is 1.72 bits per heavy atom. The maximum absolute atomic E-state index is 6.19. The Hall–Kier alpha value is -1.59. The predicted octanol–water partition coefficient (Wildman–Crippen LogP) is 2.56. The zero-order valence-corrected chi connectivity index (χ0v) is 16.4. The smallest absolute Gasteiger partial charge is 0.193 e. The quantitative estimate of drug-likeness (QED) is 0.589. The van der Waals surface area contributed by atoms with Crippen LogP contribution in [0.3, 0.4) is 0 Å². The summed E-state index contributed by atoms with van der Waals surface area (Å²) in [5, 5.41) is 3.36. The fourth-order valence-electron chi connectivity index (χ4n) is 3.44. The number of aliphatic imine (C=N–C) groups is 1. The summed E-state index contributed by atoms with van der Waals surface area (Å²) in [5.74, 6) is 0.523.